The molecule has 1 unspecified atom stereocenters. The maximum absolute atomic E-state index is 12.7. The maximum Gasteiger partial charge on any atom is 0.343 e. The zero-order valence-corrected chi connectivity index (χ0v) is 17.5. The fourth-order valence-electron chi connectivity index (χ4n) is 3.01. The fourth-order valence-corrected chi connectivity index (χ4v) is 3.61. The lowest BCUT2D eigenvalue weighted by atomic mass is 10.2. The van der Waals surface area contributed by atoms with Gasteiger partial charge in [-0.1, -0.05) is 30.0 Å². The molecule has 0 fully saturated rings. The molecule has 2 N–H and O–H groups in total. The number of nitrogens with two attached hydrogens (primary N) is 1. The molecule has 0 radical (unpaired) electrons. The molecule has 1 aromatic carbocycles. The molecule has 0 saturated heterocycles. The Labute approximate surface area is 178 Å². The molecule has 0 saturated carbocycles. The molecular weight excluding hydrogens is 408 g/mol. The Morgan fingerprint density at radius 1 is 1.30 bits per heavy atom. The normalized spacial score (nSPS) is 13.5. The van der Waals surface area contributed by atoms with Gasteiger partial charge < -0.3 is 20.1 Å². The van der Waals surface area contributed by atoms with Crippen LogP contribution in [0.4, 0.5) is 11.5 Å². The number of hydrogen-bond donors (Lipinski definition) is 1. The van der Waals surface area contributed by atoms with E-state index in [1.54, 1.807) is 18.7 Å². The van der Waals surface area contributed by atoms with E-state index in [0.717, 1.165) is 29.4 Å². The van der Waals surface area contributed by atoms with Crippen molar-refractivity contribution in [1.29, 1.82) is 0 Å². The number of fused-ring (bicyclic) bond motifs is 1. The molecule has 0 aliphatic carbocycles. The lowest BCUT2D eigenvalue weighted by Gasteiger charge is -2.21. The van der Waals surface area contributed by atoms with E-state index in [9.17, 15) is 14.4 Å². The van der Waals surface area contributed by atoms with E-state index in [4.69, 9.17) is 15.2 Å². The molecule has 3 rings (SSSR count). The first-order chi connectivity index (χ1) is 14.4. The first-order valence-electron chi connectivity index (χ1n) is 9.42. The van der Waals surface area contributed by atoms with E-state index < -0.39 is 18.0 Å². The van der Waals surface area contributed by atoms with Crippen LogP contribution in [0.1, 0.15) is 29.8 Å². The number of thioether (sulfide) groups is 1. The van der Waals surface area contributed by atoms with Crippen LogP contribution in [-0.4, -0.2) is 52.8 Å². The van der Waals surface area contributed by atoms with Crippen LogP contribution in [0.5, 0.6) is 0 Å². The maximum atomic E-state index is 12.7. The van der Waals surface area contributed by atoms with Gasteiger partial charge in [0.2, 0.25) is 0 Å². The smallest absolute Gasteiger partial charge is 0.343 e. The van der Waals surface area contributed by atoms with Gasteiger partial charge in [0.25, 0.3) is 5.91 Å². The lowest BCUT2D eigenvalue weighted by molar-refractivity contribution is -0.151. The topological polar surface area (TPSA) is 125 Å². The number of rotatable bonds is 7. The SMILES string of the molecule is CCOC(=O)c1cnc(SCC(=O)OC(C)C(=O)N2CCc3ccccc32)nc1N. The van der Waals surface area contributed by atoms with E-state index in [1.165, 1.54) is 6.20 Å². The van der Waals surface area contributed by atoms with Gasteiger partial charge in [-0.2, -0.15) is 0 Å². The van der Waals surface area contributed by atoms with Crippen LogP contribution in [0, 0.1) is 0 Å². The van der Waals surface area contributed by atoms with Crippen molar-refractivity contribution in [2.24, 2.45) is 0 Å². The number of aromatic nitrogens is 2. The molecule has 10 heteroatoms. The van der Waals surface area contributed by atoms with Gasteiger partial charge in [0.1, 0.15) is 11.4 Å². The minimum absolute atomic E-state index is 0.0319. The molecule has 1 atom stereocenters. The van der Waals surface area contributed by atoms with E-state index >= 15 is 0 Å². The molecule has 1 aromatic heterocycles. The number of para-hydroxylation sites is 1. The van der Waals surface area contributed by atoms with E-state index in [0.29, 0.717) is 6.54 Å². The van der Waals surface area contributed by atoms with E-state index in [1.807, 2.05) is 24.3 Å². The molecule has 1 aliphatic heterocycles. The molecule has 2 heterocycles. The van der Waals surface area contributed by atoms with Gasteiger partial charge in [-0.3, -0.25) is 9.59 Å². The minimum atomic E-state index is -0.915. The third-order valence-electron chi connectivity index (χ3n) is 4.42. The second-order valence-corrected chi connectivity index (χ2v) is 7.40. The largest absolute Gasteiger partial charge is 0.462 e. The number of amides is 1. The van der Waals surface area contributed by atoms with Crippen LogP contribution >= 0.6 is 11.8 Å². The monoisotopic (exact) mass is 430 g/mol. The first-order valence-corrected chi connectivity index (χ1v) is 10.4. The Kier molecular flexibility index (Phi) is 6.88. The molecule has 2 aromatic rings. The average Bonchev–Trinajstić information content (AvgIpc) is 3.16. The number of nitrogens with zero attached hydrogens (tertiary/aromatic N) is 3. The number of ether oxygens (including phenoxy) is 2. The Hall–Kier alpha value is -3.14. The Morgan fingerprint density at radius 2 is 2.07 bits per heavy atom. The van der Waals surface area contributed by atoms with E-state index in [-0.39, 0.29) is 34.8 Å². The molecule has 1 amide bonds. The third-order valence-corrected chi connectivity index (χ3v) is 5.25. The second kappa shape index (κ2) is 9.57. The second-order valence-electron chi connectivity index (χ2n) is 6.46. The average molecular weight is 430 g/mol. The number of anilines is 2. The Morgan fingerprint density at radius 3 is 2.80 bits per heavy atom. The van der Waals surface area contributed by atoms with Crippen LogP contribution in [-0.2, 0) is 25.5 Å². The standard InChI is InChI=1S/C20H22N4O5S/c1-3-28-19(27)14-10-22-20(23-17(14)21)30-11-16(25)29-12(2)18(26)24-9-8-13-6-4-5-7-15(13)24/h4-7,10,12H,3,8-9,11H2,1-2H3,(H2,21,22,23). The molecule has 0 bridgehead atoms. The zero-order chi connectivity index (χ0) is 21.7. The summed E-state index contributed by atoms with van der Waals surface area (Å²) in [7, 11) is 0. The van der Waals surface area contributed by atoms with Crippen LogP contribution in [0.25, 0.3) is 0 Å². The molecule has 158 valence electrons. The van der Waals surface area contributed by atoms with E-state index in [2.05, 4.69) is 9.97 Å². The van der Waals surface area contributed by atoms with Crippen LogP contribution in [0.2, 0.25) is 0 Å². The van der Waals surface area contributed by atoms with Gasteiger partial charge in [0, 0.05) is 18.4 Å². The summed E-state index contributed by atoms with van der Waals surface area (Å²) in [5.41, 5.74) is 7.77. The number of carbonyl (C=O) groups excluding carboxylic acids is 3. The summed E-state index contributed by atoms with van der Waals surface area (Å²) in [6.07, 6.45) is 1.12. The highest BCUT2D eigenvalue weighted by Crippen LogP contribution is 2.28. The number of carbonyl (C=O) groups is 3. The molecule has 30 heavy (non-hydrogen) atoms. The summed E-state index contributed by atoms with van der Waals surface area (Å²) in [6.45, 7) is 4.00. The summed E-state index contributed by atoms with van der Waals surface area (Å²) in [5, 5.41) is 0.213. The number of benzene rings is 1. The van der Waals surface area contributed by atoms with Crippen molar-refractivity contribution >= 4 is 41.1 Å². The summed E-state index contributed by atoms with van der Waals surface area (Å²) in [6, 6.07) is 7.67. The van der Waals surface area contributed by atoms with Gasteiger partial charge in [-0.05, 0) is 31.9 Å². The van der Waals surface area contributed by atoms with Crippen LogP contribution < -0.4 is 10.6 Å². The van der Waals surface area contributed by atoms with Gasteiger partial charge in [0.05, 0.1) is 12.4 Å². The molecule has 1 aliphatic rings. The van der Waals surface area contributed by atoms with Gasteiger partial charge >= 0.3 is 11.9 Å². The van der Waals surface area contributed by atoms with Crippen molar-refractivity contribution in [2.45, 2.75) is 31.5 Å². The molecular formula is C20H22N4O5S. The highest BCUT2D eigenvalue weighted by Gasteiger charge is 2.29. The van der Waals surface area contributed by atoms with Crippen molar-refractivity contribution in [3.05, 3.63) is 41.6 Å². The highest BCUT2D eigenvalue weighted by molar-refractivity contribution is 7.99. The quantitative estimate of drug-likeness (QED) is 0.398. The highest BCUT2D eigenvalue weighted by atomic mass is 32.2. The molecule has 9 nitrogen and oxygen atoms in total. The Bertz CT molecular complexity index is 968. The summed E-state index contributed by atoms with van der Waals surface area (Å²) < 4.78 is 10.1. The predicted octanol–water partition coefficient (Wildman–Crippen LogP) is 1.85. The Balaban J connectivity index is 1.53. The number of esters is 2. The van der Waals surface area contributed by atoms with Crippen LogP contribution in [0.15, 0.2) is 35.6 Å². The number of hydrogen-bond acceptors (Lipinski definition) is 9. The van der Waals surface area contributed by atoms with Crippen LogP contribution in [0.3, 0.4) is 0 Å². The fraction of sp³-hybridized carbons (Fsp3) is 0.350. The summed E-state index contributed by atoms with van der Waals surface area (Å²) in [4.78, 5) is 46.2. The number of nitrogen functional groups attached to an aromatic ring is 1. The van der Waals surface area contributed by atoms with Gasteiger partial charge in [-0.15, -0.1) is 0 Å². The zero-order valence-electron chi connectivity index (χ0n) is 16.7. The van der Waals surface area contributed by atoms with Crippen molar-refractivity contribution in [1.82, 2.24) is 9.97 Å². The van der Waals surface area contributed by atoms with Crippen molar-refractivity contribution in [3.8, 4) is 0 Å². The third kappa shape index (κ3) is 4.88. The summed E-state index contributed by atoms with van der Waals surface area (Å²) in [5.74, 6) is -1.59. The molecule has 0 spiro atoms. The van der Waals surface area contributed by atoms with Crippen molar-refractivity contribution in [2.75, 3.05) is 29.5 Å². The van der Waals surface area contributed by atoms with Crippen molar-refractivity contribution < 1.29 is 23.9 Å². The van der Waals surface area contributed by atoms with Crippen molar-refractivity contribution in [3.63, 3.8) is 0 Å². The van der Waals surface area contributed by atoms with Gasteiger partial charge in [0.15, 0.2) is 11.3 Å². The van der Waals surface area contributed by atoms with Gasteiger partial charge in [-0.25, -0.2) is 14.8 Å². The summed E-state index contributed by atoms with van der Waals surface area (Å²) >= 11 is 0.997. The lowest BCUT2D eigenvalue weighted by Crippen LogP contribution is -2.39. The minimum Gasteiger partial charge on any atom is -0.462 e. The first kappa shape index (κ1) is 21.6. The predicted molar refractivity (Wildman–Crippen MR) is 111 cm³/mol.